The molecule has 1 heterocycles. The van der Waals surface area contributed by atoms with Gasteiger partial charge in [-0.1, -0.05) is 13.8 Å². The molecular weight excluding hydrogens is 362 g/mol. The maximum Gasteiger partial charge on any atom is 0.339 e. The number of ether oxygens (including phenoxy) is 1. The smallest absolute Gasteiger partial charge is 0.339 e. The average molecular weight is 388 g/mol. The Hall–Kier alpha value is -2.83. The number of amides is 1. The first-order chi connectivity index (χ1) is 13.0. The molecule has 0 spiro atoms. The second-order valence-corrected chi connectivity index (χ2v) is 7.47. The molecule has 1 N–H and O–H groups in total. The number of benzene rings is 1. The van der Waals surface area contributed by atoms with Crippen LogP contribution in [0.3, 0.4) is 0 Å². The van der Waals surface area contributed by atoms with Crippen molar-refractivity contribution in [2.75, 3.05) is 0 Å². The van der Waals surface area contributed by atoms with Crippen molar-refractivity contribution in [2.45, 2.75) is 60.1 Å². The molecule has 7 heteroatoms. The van der Waals surface area contributed by atoms with E-state index in [2.05, 4.69) is 5.32 Å². The van der Waals surface area contributed by atoms with Crippen molar-refractivity contribution in [1.29, 1.82) is 0 Å². The Bertz CT molecular complexity index is 960. The molecule has 1 aromatic carbocycles. The molecular formula is C21H26NO6-. The zero-order valence-electron chi connectivity index (χ0n) is 17.0. The van der Waals surface area contributed by atoms with Gasteiger partial charge in [0.15, 0.2) is 6.10 Å². The molecule has 0 aliphatic carbocycles. The predicted molar refractivity (Wildman–Crippen MR) is 103 cm³/mol. The van der Waals surface area contributed by atoms with Gasteiger partial charge in [-0.2, -0.15) is 0 Å². The third-order valence-electron chi connectivity index (χ3n) is 4.80. The lowest BCUT2D eigenvalue weighted by atomic mass is 10.0. The third-order valence-corrected chi connectivity index (χ3v) is 4.80. The van der Waals surface area contributed by atoms with Crippen molar-refractivity contribution in [1.82, 2.24) is 5.32 Å². The average Bonchev–Trinajstić information content (AvgIpc) is 2.61. The van der Waals surface area contributed by atoms with Crippen LogP contribution in [0, 0.1) is 26.7 Å². The SMILES string of the molecule is Cc1c(C)c2ccc(O[C@H](C)C(=O)N[C@@H](CC(C)C)C(=O)[O-])c(C)c2oc1=O. The van der Waals surface area contributed by atoms with Crippen LogP contribution in [0.5, 0.6) is 5.75 Å². The number of rotatable bonds is 7. The molecule has 1 aromatic heterocycles. The van der Waals surface area contributed by atoms with E-state index >= 15 is 0 Å². The summed E-state index contributed by atoms with van der Waals surface area (Å²) >= 11 is 0. The Morgan fingerprint density at radius 2 is 1.75 bits per heavy atom. The van der Waals surface area contributed by atoms with E-state index in [1.807, 2.05) is 20.8 Å². The van der Waals surface area contributed by atoms with Gasteiger partial charge in [0.2, 0.25) is 0 Å². The lowest BCUT2D eigenvalue weighted by molar-refractivity contribution is -0.308. The maximum absolute atomic E-state index is 12.4. The summed E-state index contributed by atoms with van der Waals surface area (Å²) in [7, 11) is 0. The van der Waals surface area contributed by atoms with Gasteiger partial charge in [0.25, 0.3) is 5.91 Å². The van der Waals surface area contributed by atoms with Crippen LogP contribution in [0.4, 0.5) is 0 Å². The topological polar surface area (TPSA) is 109 Å². The first kappa shape index (κ1) is 21.5. The molecule has 0 saturated carbocycles. The van der Waals surface area contributed by atoms with Gasteiger partial charge in [-0.05, 0) is 57.7 Å². The van der Waals surface area contributed by atoms with Gasteiger partial charge in [-0.15, -0.1) is 0 Å². The monoisotopic (exact) mass is 388 g/mol. The van der Waals surface area contributed by atoms with Crippen LogP contribution in [0.25, 0.3) is 11.0 Å². The van der Waals surface area contributed by atoms with Gasteiger partial charge in [-0.3, -0.25) is 4.79 Å². The highest BCUT2D eigenvalue weighted by atomic mass is 16.5. The molecule has 2 atom stereocenters. The molecule has 0 unspecified atom stereocenters. The summed E-state index contributed by atoms with van der Waals surface area (Å²) in [6, 6.07) is 2.40. The van der Waals surface area contributed by atoms with Gasteiger partial charge in [0.1, 0.15) is 11.3 Å². The number of nitrogens with one attached hydrogen (secondary N) is 1. The van der Waals surface area contributed by atoms with Gasteiger partial charge in [0, 0.05) is 16.5 Å². The summed E-state index contributed by atoms with van der Waals surface area (Å²) in [4.78, 5) is 35.6. The molecule has 0 fully saturated rings. The van der Waals surface area contributed by atoms with Crippen molar-refractivity contribution in [3.05, 3.63) is 39.2 Å². The maximum atomic E-state index is 12.4. The minimum Gasteiger partial charge on any atom is -0.548 e. The summed E-state index contributed by atoms with van der Waals surface area (Å²) in [6.07, 6.45) is -0.678. The van der Waals surface area contributed by atoms with Crippen LogP contribution >= 0.6 is 0 Å². The first-order valence-electron chi connectivity index (χ1n) is 9.24. The van der Waals surface area contributed by atoms with Crippen LogP contribution in [0.2, 0.25) is 0 Å². The van der Waals surface area contributed by atoms with Crippen molar-refractivity contribution >= 4 is 22.8 Å². The molecule has 152 valence electrons. The summed E-state index contributed by atoms with van der Waals surface area (Å²) < 4.78 is 11.1. The molecule has 2 rings (SSSR count). The minimum atomic E-state index is -1.33. The van der Waals surface area contributed by atoms with Crippen LogP contribution in [-0.2, 0) is 9.59 Å². The van der Waals surface area contributed by atoms with Gasteiger partial charge in [-0.25, -0.2) is 4.79 Å². The number of hydrogen-bond donors (Lipinski definition) is 1. The molecule has 0 radical (unpaired) electrons. The van der Waals surface area contributed by atoms with Crippen molar-refractivity contribution in [3.8, 4) is 5.75 Å². The van der Waals surface area contributed by atoms with Gasteiger partial charge < -0.3 is 24.4 Å². The Labute approximate surface area is 163 Å². The number of carboxylic acid groups (broad SMARTS) is 1. The number of carbonyl (C=O) groups is 2. The normalized spacial score (nSPS) is 13.4. The molecule has 28 heavy (non-hydrogen) atoms. The van der Waals surface area contributed by atoms with Crippen LogP contribution in [0.15, 0.2) is 21.3 Å². The highest BCUT2D eigenvalue weighted by Crippen LogP contribution is 2.29. The summed E-state index contributed by atoms with van der Waals surface area (Å²) in [6.45, 7) is 10.5. The summed E-state index contributed by atoms with van der Waals surface area (Å²) in [5.74, 6) is -1.42. The molecule has 1 amide bonds. The van der Waals surface area contributed by atoms with Crippen molar-refractivity contribution in [3.63, 3.8) is 0 Å². The van der Waals surface area contributed by atoms with E-state index in [0.717, 1.165) is 10.9 Å². The van der Waals surface area contributed by atoms with E-state index in [1.165, 1.54) is 6.92 Å². The van der Waals surface area contributed by atoms with Gasteiger partial charge in [0.05, 0.1) is 12.0 Å². The third kappa shape index (κ3) is 4.52. The fourth-order valence-electron chi connectivity index (χ4n) is 2.97. The number of aliphatic carboxylic acids is 1. The molecule has 0 aliphatic heterocycles. The van der Waals surface area contributed by atoms with Crippen molar-refractivity contribution < 1.29 is 23.8 Å². The van der Waals surface area contributed by atoms with E-state index in [4.69, 9.17) is 9.15 Å². The van der Waals surface area contributed by atoms with E-state index in [-0.39, 0.29) is 12.3 Å². The van der Waals surface area contributed by atoms with Crippen LogP contribution < -0.4 is 20.8 Å². The number of aryl methyl sites for hydroxylation is 2. The quantitative estimate of drug-likeness (QED) is 0.724. The number of carbonyl (C=O) groups excluding carboxylic acids is 2. The van der Waals surface area contributed by atoms with Crippen LogP contribution in [0.1, 0.15) is 43.9 Å². The van der Waals surface area contributed by atoms with E-state index in [1.54, 1.807) is 26.0 Å². The lowest BCUT2D eigenvalue weighted by Gasteiger charge is -2.24. The highest BCUT2D eigenvalue weighted by Gasteiger charge is 2.22. The summed E-state index contributed by atoms with van der Waals surface area (Å²) in [5.41, 5.74) is 1.96. The van der Waals surface area contributed by atoms with E-state index < -0.39 is 29.6 Å². The predicted octanol–water partition coefficient (Wildman–Crippen LogP) is 1.77. The lowest BCUT2D eigenvalue weighted by Crippen LogP contribution is -2.51. The zero-order valence-corrected chi connectivity index (χ0v) is 17.0. The Morgan fingerprint density at radius 3 is 2.32 bits per heavy atom. The molecule has 7 nitrogen and oxygen atoms in total. The van der Waals surface area contributed by atoms with Gasteiger partial charge >= 0.3 is 5.63 Å². The number of hydrogen-bond acceptors (Lipinski definition) is 6. The largest absolute Gasteiger partial charge is 0.548 e. The highest BCUT2D eigenvalue weighted by molar-refractivity contribution is 5.87. The molecule has 2 aromatic rings. The standard InChI is InChI=1S/C21H27NO6/c1-10(2)9-16(20(24)25)22-19(23)14(6)27-17-8-7-15-11(3)12(4)21(26)28-18(15)13(17)5/h7-8,10,14,16H,9H2,1-6H3,(H,22,23)(H,24,25)/p-1/t14-,16+/m1/s1. The zero-order chi connectivity index (χ0) is 21.2. The second kappa shape index (κ2) is 8.46. The Balaban J connectivity index is 2.25. The number of carboxylic acids is 1. The van der Waals surface area contributed by atoms with Crippen molar-refractivity contribution in [2.24, 2.45) is 5.92 Å². The van der Waals surface area contributed by atoms with E-state index in [0.29, 0.717) is 22.5 Å². The summed E-state index contributed by atoms with van der Waals surface area (Å²) in [5, 5.41) is 14.5. The Morgan fingerprint density at radius 1 is 1.11 bits per heavy atom. The fraction of sp³-hybridized carbons (Fsp3) is 0.476. The van der Waals surface area contributed by atoms with E-state index in [9.17, 15) is 19.5 Å². The first-order valence-corrected chi connectivity index (χ1v) is 9.24. The molecule has 0 saturated heterocycles. The second-order valence-electron chi connectivity index (χ2n) is 7.47. The number of fused-ring (bicyclic) bond motifs is 1. The fourth-order valence-corrected chi connectivity index (χ4v) is 2.97. The molecule has 0 bridgehead atoms. The Kier molecular flexibility index (Phi) is 6.48. The van der Waals surface area contributed by atoms with Crippen LogP contribution in [-0.4, -0.2) is 24.0 Å². The minimum absolute atomic E-state index is 0.0803. The molecule has 0 aliphatic rings.